The molecular formula is C79H73BN2. The van der Waals surface area contributed by atoms with E-state index in [4.69, 9.17) is 0 Å². The molecule has 0 saturated carbocycles. The summed E-state index contributed by atoms with van der Waals surface area (Å²) in [6, 6.07) is 68.4. The lowest BCUT2D eigenvalue weighted by molar-refractivity contribution is 0.588. The molecule has 1 aliphatic carbocycles. The summed E-state index contributed by atoms with van der Waals surface area (Å²) in [6.07, 6.45) is 0. The van der Waals surface area contributed by atoms with Crippen LogP contribution in [-0.2, 0) is 32.5 Å². The maximum absolute atomic E-state index is 2.82. The van der Waals surface area contributed by atoms with Crippen molar-refractivity contribution in [3.05, 3.63) is 220 Å². The van der Waals surface area contributed by atoms with E-state index >= 15 is 0 Å². The molecule has 0 amide bonds. The molecular weight excluding hydrogens is 988 g/mol. The smallest absolute Gasteiger partial charge is 0.252 e. The maximum Gasteiger partial charge on any atom is 0.252 e. The van der Waals surface area contributed by atoms with Crippen LogP contribution in [0.3, 0.4) is 0 Å². The van der Waals surface area contributed by atoms with Crippen LogP contribution in [0, 0.1) is 0 Å². The highest BCUT2D eigenvalue weighted by Gasteiger charge is 2.55. The van der Waals surface area contributed by atoms with Gasteiger partial charge in [0.2, 0.25) is 0 Å². The number of fused-ring (bicyclic) bond motifs is 15. The van der Waals surface area contributed by atoms with Crippen molar-refractivity contribution in [1.29, 1.82) is 0 Å². The van der Waals surface area contributed by atoms with Crippen molar-refractivity contribution < 1.29 is 0 Å². The molecule has 402 valence electrons. The molecule has 0 atom stereocenters. The van der Waals surface area contributed by atoms with E-state index in [1.165, 1.54) is 166 Å². The molecule has 1 spiro atoms. The van der Waals surface area contributed by atoms with E-state index < -0.39 is 5.41 Å². The van der Waals surface area contributed by atoms with E-state index in [9.17, 15) is 0 Å². The molecule has 0 saturated heterocycles. The van der Waals surface area contributed by atoms with Crippen LogP contribution in [0.5, 0.6) is 0 Å². The fourth-order valence-electron chi connectivity index (χ4n) is 15.7. The first-order valence-electron chi connectivity index (χ1n) is 30.2. The first-order valence-corrected chi connectivity index (χ1v) is 30.2. The first-order chi connectivity index (χ1) is 38.8. The topological polar surface area (TPSA) is 9.86 Å². The summed E-state index contributed by atoms with van der Waals surface area (Å²) in [7, 11) is 0. The van der Waals surface area contributed by atoms with E-state index in [-0.39, 0.29) is 33.8 Å². The van der Waals surface area contributed by atoms with Crippen LogP contribution < -0.4 is 16.4 Å². The SMILES string of the molecule is CC(C)(C)c1ccc(-c2cccc3ccc(-c4cc5c6c7c4-n4c8ccc(C(C)(C)C)cc8c8cc(C(C)(C)C)cc(c84)B7c4cc(C(C)(C)C)cc7c8cc(C(C)(C)C)cc(c8n-6c47)C54c5ccccc5-c5ccccc54)cc23)cc1. The summed E-state index contributed by atoms with van der Waals surface area (Å²) in [4.78, 5) is 0. The van der Waals surface area contributed by atoms with Gasteiger partial charge in [0.05, 0.1) is 22.1 Å². The Bertz CT molecular complexity index is 4810. The second kappa shape index (κ2) is 15.8. The molecule has 2 nitrogen and oxygen atoms in total. The van der Waals surface area contributed by atoms with Crippen LogP contribution in [0.1, 0.15) is 154 Å². The van der Waals surface area contributed by atoms with Gasteiger partial charge in [0.1, 0.15) is 0 Å². The van der Waals surface area contributed by atoms with Crippen LogP contribution in [0.4, 0.5) is 0 Å². The molecule has 0 radical (unpaired) electrons. The highest BCUT2D eigenvalue weighted by Crippen LogP contribution is 2.63. The van der Waals surface area contributed by atoms with Gasteiger partial charge in [0.25, 0.3) is 6.71 Å². The van der Waals surface area contributed by atoms with Gasteiger partial charge in [-0.3, -0.25) is 0 Å². The number of hydrogen-bond acceptors (Lipinski definition) is 0. The van der Waals surface area contributed by atoms with Gasteiger partial charge in [0, 0.05) is 43.8 Å². The highest BCUT2D eigenvalue weighted by atomic mass is 15.1. The van der Waals surface area contributed by atoms with Gasteiger partial charge in [-0.25, -0.2) is 0 Å². The van der Waals surface area contributed by atoms with E-state index in [1.807, 2.05) is 0 Å². The van der Waals surface area contributed by atoms with Crippen LogP contribution >= 0.6 is 0 Å². The Labute approximate surface area is 484 Å². The number of hydrogen-bond donors (Lipinski definition) is 0. The van der Waals surface area contributed by atoms with Crippen molar-refractivity contribution in [2.75, 3.05) is 0 Å². The monoisotopic (exact) mass is 1060 g/mol. The van der Waals surface area contributed by atoms with Crippen molar-refractivity contribution in [2.45, 2.75) is 136 Å². The molecule has 12 aromatic rings. The lowest BCUT2D eigenvalue weighted by Gasteiger charge is -2.45. The van der Waals surface area contributed by atoms with E-state index in [0.717, 1.165) is 0 Å². The molecule has 0 unspecified atom stereocenters. The van der Waals surface area contributed by atoms with Crippen molar-refractivity contribution in [3.8, 4) is 44.8 Å². The van der Waals surface area contributed by atoms with Gasteiger partial charge in [-0.05, 0) is 175 Å². The van der Waals surface area contributed by atoms with E-state index in [2.05, 4.69) is 283 Å². The normalized spacial score (nSPS) is 14.8. The average Bonchev–Trinajstić information content (AvgIpc) is 1.86. The molecule has 5 heterocycles. The number of benzene rings is 10. The zero-order chi connectivity index (χ0) is 56.9. The number of rotatable bonds is 2. The standard InChI is InChI=1S/C79H73BN2/c1-74(2,3)47-31-29-45(30-32-47)52-24-20-21-44-27-28-46(35-55(44)52)56-43-64-73-68-72(56)81-67-34-33-48(75(4,5)6)36-57(67)58-38-50(77(10,11)12)41-65(70(58)81)80(68)66-42-51(78(13,14)15)39-60-59-37-49(76(7,8)9)40-63(69(59)82(73)71(60)66)79(64)61-25-18-16-22-53(61)54-23-17-19-26-62(54)79/h16-43H,1-15H3. The Hall–Kier alpha value is -7.88. The molecule has 4 aliphatic rings. The Balaban J connectivity index is 1.17. The Morgan fingerprint density at radius 2 is 0.817 bits per heavy atom. The molecule has 16 rings (SSSR count). The summed E-state index contributed by atoms with van der Waals surface area (Å²) in [5, 5.41) is 7.91. The minimum absolute atomic E-state index is 0.0347. The third kappa shape index (κ3) is 6.43. The zero-order valence-electron chi connectivity index (χ0n) is 50.6. The van der Waals surface area contributed by atoms with Crippen LogP contribution in [0.25, 0.3) is 99.1 Å². The Morgan fingerprint density at radius 1 is 0.317 bits per heavy atom. The minimum atomic E-state index is -0.648. The molecule has 10 aromatic carbocycles. The second-order valence-electron chi connectivity index (χ2n) is 30.2. The predicted octanol–water partition coefficient (Wildman–Crippen LogP) is 18.7. The zero-order valence-corrected chi connectivity index (χ0v) is 50.6. The summed E-state index contributed by atoms with van der Waals surface area (Å²) in [5.41, 5.74) is 31.2. The number of nitrogens with zero attached hydrogens (tertiary/aromatic N) is 2. The fraction of sp³-hybridized carbons (Fsp3) is 0.266. The van der Waals surface area contributed by atoms with Crippen LogP contribution in [-0.4, -0.2) is 15.8 Å². The third-order valence-electron chi connectivity index (χ3n) is 20.0. The fourth-order valence-corrected chi connectivity index (χ4v) is 15.7. The molecule has 2 aromatic heterocycles. The van der Waals surface area contributed by atoms with Gasteiger partial charge in [-0.1, -0.05) is 231 Å². The molecule has 3 aliphatic heterocycles. The van der Waals surface area contributed by atoms with Crippen molar-refractivity contribution >= 4 is 77.5 Å². The summed E-state index contributed by atoms with van der Waals surface area (Å²) >= 11 is 0. The largest absolute Gasteiger partial charge is 0.310 e. The molecule has 82 heavy (non-hydrogen) atoms. The lowest BCUT2D eigenvalue weighted by atomic mass is 9.33. The predicted molar refractivity (Wildman–Crippen MR) is 353 cm³/mol. The Morgan fingerprint density at radius 3 is 1.41 bits per heavy atom. The lowest BCUT2D eigenvalue weighted by Crippen LogP contribution is -2.61. The molecule has 0 bridgehead atoms. The second-order valence-corrected chi connectivity index (χ2v) is 30.2. The Kier molecular flexibility index (Phi) is 9.62. The highest BCUT2D eigenvalue weighted by molar-refractivity contribution is 7.00. The third-order valence-corrected chi connectivity index (χ3v) is 20.0. The van der Waals surface area contributed by atoms with Gasteiger partial charge >= 0.3 is 0 Å². The van der Waals surface area contributed by atoms with E-state index in [0.29, 0.717) is 0 Å². The van der Waals surface area contributed by atoms with Gasteiger partial charge < -0.3 is 9.13 Å². The van der Waals surface area contributed by atoms with Crippen molar-refractivity contribution in [3.63, 3.8) is 0 Å². The van der Waals surface area contributed by atoms with E-state index in [1.54, 1.807) is 0 Å². The van der Waals surface area contributed by atoms with Gasteiger partial charge in [0.15, 0.2) is 0 Å². The van der Waals surface area contributed by atoms with Crippen LogP contribution in [0.15, 0.2) is 170 Å². The summed E-state index contributed by atoms with van der Waals surface area (Å²) in [5.74, 6) is 0. The quantitative estimate of drug-likeness (QED) is 0.153. The average molecular weight is 1060 g/mol. The first kappa shape index (κ1) is 49.9. The van der Waals surface area contributed by atoms with Gasteiger partial charge in [-0.15, -0.1) is 0 Å². The minimum Gasteiger partial charge on any atom is -0.310 e. The maximum atomic E-state index is 2.82. The molecule has 0 fully saturated rings. The number of aromatic nitrogens is 2. The molecule has 0 N–H and O–H groups in total. The van der Waals surface area contributed by atoms with Crippen LogP contribution in [0.2, 0.25) is 0 Å². The summed E-state index contributed by atoms with van der Waals surface area (Å²) in [6.45, 7) is 35.7. The van der Waals surface area contributed by atoms with Crippen molar-refractivity contribution in [2.24, 2.45) is 0 Å². The van der Waals surface area contributed by atoms with Crippen molar-refractivity contribution in [1.82, 2.24) is 9.13 Å². The molecule has 3 heteroatoms. The van der Waals surface area contributed by atoms with Gasteiger partial charge in [-0.2, -0.15) is 0 Å². The summed E-state index contributed by atoms with van der Waals surface area (Å²) < 4.78 is 5.58.